The number of para-hydroxylation sites is 1. The van der Waals surface area contributed by atoms with Crippen LogP contribution in [0.15, 0.2) is 59.5 Å². The van der Waals surface area contributed by atoms with Crippen molar-refractivity contribution in [2.75, 3.05) is 19.8 Å². The Hall–Kier alpha value is -3.54. The summed E-state index contributed by atoms with van der Waals surface area (Å²) in [6.45, 7) is 3.24. The minimum Gasteiger partial charge on any atom is -0.487 e. The molecule has 1 amide bonds. The van der Waals surface area contributed by atoms with Crippen molar-refractivity contribution in [3.05, 3.63) is 75.3 Å². The molecule has 1 aromatic heterocycles. The van der Waals surface area contributed by atoms with E-state index < -0.39 is 4.92 Å². The van der Waals surface area contributed by atoms with Crippen LogP contribution in [0.5, 0.6) is 5.75 Å². The number of thiocarbonyl (C=S) groups is 1. The van der Waals surface area contributed by atoms with Crippen molar-refractivity contribution in [2.45, 2.75) is 25.9 Å². The van der Waals surface area contributed by atoms with Gasteiger partial charge >= 0.3 is 5.69 Å². The molecule has 11 heteroatoms. The van der Waals surface area contributed by atoms with Crippen LogP contribution in [-0.4, -0.2) is 55.7 Å². The first kappa shape index (κ1) is 25.1. The van der Waals surface area contributed by atoms with E-state index in [9.17, 15) is 14.9 Å². The number of ether oxygens (including phenoxy) is 2. The summed E-state index contributed by atoms with van der Waals surface area (Å²) in [6.07, 6.45) is 3.66. The first-order chi connectivity index (χ1) is 17.9. The highest BCUT2D eigenvalue weighted by molar-refractivity contribution is 8.26. The molecular weight excluding hydrogens is 512 g/mol. The third kappa shape index (κ3) is 5.29. The Labute approximate surface area is 223 Å². The third-order valence-corrected chi connectivity index (χ3v) is 7.43. The van der Waals surface area contributed by atoms with Gasteiger partial charge < -0.3 is 9.47 Å². The van der Waals surface area contributed by atoms with Crippen molar-refractivity contribution < 1.29 is 19.2 Å². The fourth-order valence-corrected chi connectivity index (χ4v) is 5.56. The van der Waals surface area contributed by atoms with Crippen molar-refractivity contribution in [3.63, 3.8) is 0 Å². The molecule has 0 aliphatic carbocycles. The third-order valence-electron chi connectivity index (χ3n) is 6.05. The molecule has 3 aromatic rings. The molecule has 37 heavy (non-hydrogen) atoms. The number of carbonyl (C=O) groups excluding carboxylic acids is 1. The van der Waals surface area contributed by atoms with Gasteiger partial charge in [-0.05, 0) is 56.2 Å². The molecule has 190 valence electrons. The summed E-state index contributed by atoms with van der Waals surface area (Å²) in [7, 11) is 0. The number of rotatable bonds is 8. The van der Waals surface area contributed by atoms with Gasteiger partial charge in [-0.2, -0.15) is 5.10 Å². The van der Waals surface area contributed by atoms with Gasteiger partial charge in [-0.3, -0.25) is 19.8 Å². The van der Waals surface area contributed by atoms with Gasteiger partial charge in [-0.15, -0.1) is 0 Å². The maximum atomic E-state index is 13.2. The number of nitro groups is 1. The highest BCUT2D eigenvalue weighted by Crippen LogP contribution is 2.36. The van der Waals surface area contributed by atoms with Crippen LogP contribution in [0.1, 0.15) is 25.5 Å². The molecule has 2 saturated heterocycles. The van der Waals surface area contributed by atoms with Crippen LogP contribution in [0, 0.1) is 10.1 Å². The zero-order valence-electron chi connectivity index (χ0n) is 20.0. The summed E-state index contributed by atoms with van der Waals surface area (Å²) in [6, 6.07) is 16.1. The molecule has 1 atom stereocenters. The monoisotopic (exact) mass is 536 g/mol. The molecule has 2 aliphatic rings. The van der Waals surface area contributed by atoms with Crippen molar-refractivity contribution in [3.8, 4) is 22.7 Å². The summed E-state index contributed by atoms with van der Waals surface area (Å²) in [5.74, 6) is 0.0402. The lowest BCUT2D eigenvalue weighted by molar-refractivity contribution is -0.385. The molecule has 2 aliphatic heterocycles. The fraction of sp³-hybridized carbons (Fsp3) is 0.269. The minimum atomic E-state index is -0.469. The second-order valence-corrected chi connectivity index (χ2v) is 10.2. The van der Waals surface area contributed by atoms with Crippen LogP contribution >= 0.6 is 24.0 Å². The van der Waals surface area contributed by atoms with Gasteiger partial charge in [0.05, 0.1) is 46.2 Å². The molecule has 5 rings (SSSR count). The highest BCUT2D eigenvalue weighted by atomic mass is 32.2. The number of amides is 1. The average Bonchev–Trinajstić information content (AvgIpc) is 3.62. The van der Waals surface area contributed by atoms with E-state index in [1.54, 1.807) is 40.8 Å². The Morgan fingerprint density at radius 1 is 1.27 bits per heavy atom. The van der Waals surface area contributed by atoms with Crippen LogP contribution < -0.4 is 4.74 Å². The van der Waals surface area contributed by atoms with Crippen molar-refractivity contribution in [1.29, 1.82) is 0 Å². The quantitative estimate of drug-likeness (QED) is 0.167. The molecule has 0 bridgehead atoms. The molecule has 0 radical (unpaired) electrons. The van der Waals surface area contributed by atoms with Gasteiger partial charge in [0.2, 0.25) is 0 Å². The topological polar surface area (TPSA) is 99.7 Å². The van der Waals surface area contributed by atoms with Crippen molar-refractivity contribution in [1.82, 2.24) is 14.7 Å². The lowest BCUT2D eigenvalue weighted by Gasteiger charge is -2.18. The van der Waals surface area contributed by atoms with E-state index >= 15 is 0 Å². The molecule has 0 saturated carbocycles. The zero-order valence-corrected chi connectivity index (χ0v) is 21.7. The van der Waals surface area contributed by atoms with Crippen molar-refractivity contribution in [2.24, 2.45) is 0 Å². The summed E-state index contributed by atoms with van der Waals surface area (Å²) >= 11 is 6.75. The fourth-order valence-electron chi connectivity index (χ4n) is 4.30. The molecule has 2 aromatic carbocycles. The van der Waals surface area contributed by atoms with E-state index in [0.29, 0.717) is 45.9 Å². The van der Waals surface area contributed by atoms with E-state index in [4.69, 9.17) is 26.8 Å². The Morgan fingerprint density at radius 2 is 2.08 bits per heavy atom. The van der Waals surface area contributed by atoms with E-state index in [2.05, 4.69) is 0 Å². The molecule has 2 fully saturated rings. The molecule has 0 N–H and O–H groups in total. The lowest BCUT2D eigenvalue weighted by Crippen LogP contribution is -2.35. The second kappa shape index (κ2) is 10.8. The molecule has 9 nitrogen and oxygen atoms in total. The van der Waals surface area contributed by atoms with Crippen LogP contribution in [0.2, 0.25) is 0 Å². The zero-order chi connectivity index (χ0) is 25.9. The van der Waals surface area contributed by atoms with Crippen LogP contribution in [-0.2, 0) is 9.53 Å². The maximum absolute atomic E-state index is 13.2. The van der Waals surface area contributed by atoms with Gasteiger partial charge in [0, 0.05) is 18.2 Å². The number of thioether (sulfide) groups is 1. The van der Waals surface area contributed by atoms with E-state index in [1.807, 2.05) is 30.3 Å². The predicted molar refractivity (Wildman–Crippen MR) is 146 cm³/mol. The number of aromatic nitrogens is 2. The number of carbonyl (C=O) groups is 1. The van der Waals surface area contributed by atoms with Gasteiger partial charge in [0.25, 0.3) is 5.91 Å². The number of benzene rings is 2. The Morgan fingerprint density at radius 3 is 2.78 bits per heavy atom. The smallest absolute Gasteiger partial charge is 0.311 e. The largest absolute Gasteiger partial charge is 0.487 e. The lowest BCUT2D eigenvalue weighted by atomic mass is 10.1. The van der Waals surface area contributed by atoms with Gasteiger partial charge in [0.15, 0.2) is 5.75 Å². The number of nitro benzene ring substituents is 1. The standard InChI is InChI=1S/C26H24N4O5S2/c1-2-34-23-11-10-17(13-22(23)30(32)33)21-14-19(29(27-21)18-7-4-3-5-8-18)15-24-25(31)28(26(36)37-24)16-20-9-6-12-35-20/h3-5,7-8,10-11,13-15,20H,2,6,9,12,16H2,1H3/b24-15+. The van der Waals surface area contributed by atoms with Crippen molar-refractivity contribution >= 4 is 46.0 Å². The number of hydrogen-bond acceptors (Lipinski definition) is 8. The molecule has 3 heterocycles. The molecule has 0 spiro atoms. The van der Waals surface area contributed by atoms with E-state index in [1.165, 1.54) is 17.8 Å². The summed E-state index contributed by atoms with van der Waals surface area (Å²) in [5, 5.41) is 16.4. The second-order valence-electron chi connectivity index (χ2n) is 8.50. The highest BCUT2D eigenvalue weighted by Gasteiger charge is 2.35. The van der Waals surface area contributed by atoms with Gasteiger partial charge in [-0.25, -0.2) is 4.68 Å². The van der Waals surface area contributed by atoms with Gasteiger partial charge in [0.1, 0.15) is 4.32 Å². The van der Waals surface area contributed by atoms with Crippen LogP contribution in [0.4, 0.5) is 5.69 Å². The number of nitrogens with zero attached hydrogens (tertiary/aromatic N) is 4. The predicted octanol–water partition coefficient (Wildman–Crippen LogP) is 5.23. The summed E-state index contributed by atoms with van der Waals surface area (Å²) in [4.78, 5) is 26.5. The minimum absolute atomic E-state index is 0.00116. The Balaban J connectivity index is 1.53. The Kier molecular flexibility index (Phi) is 7.36. The SMILES string of the molecule is CCOc1ccc(-c2cc(/C=C3/SC(=S)N(CC4CCCO4)C3=O)n(-c3ccccc3)n2)cc1[N+](=O)[O-]. The maximum Gasteiger partial charge on any atom is 0.311 e. The molecular formula is C26H24N4O5S2. The average molecular weight is 537 g/mol. The van der Waals surface area contributed by atoms with Crippen LogP contribution in [0.3, 0.4) is 0 Å². The van der Waals surface area contributed by atoms with Crippen LogP contribution in [0.25, 0.3) is 23.0 Å². The van der Waals surface area contributed by atoms with Gasteiger partial charge in [-0.1, -0.05) is 42.2 Å². The first-order valence-electron chi connectivity index (χ1n) is 11.9. The van der Waals surface area contributed by atoms with E-state index in [-0.39, 0.29) is 23.4 Å². The summed E-state index contributed by atoms with van der Waals surface area (Å²) < 4.78 is 13.3. The first-order valence-corrected chi connectivity index (χ1v) is 13.1. The Bertz CT molecular complexity index is 1380. The number of hydrogen-bond donors (Lipinski definition) is 0. The normalized spacial score (nSPS) is 18.7. The summed E-state index contributed by atoms with van der Waals surface area (Å²) in [5.41, 5.74) is 2.39. The molecule has 1 unspecified atom stereocenters. The van der Waals surface area contributed by atoms with E-state index in [0.717, 1.165) is 18.5 Å².